The average molecular weight is 438 g/mol. The van der Waals surface area contributed by atoms with Crippen LogP contribution in [0.2, 0.25) is 0 Å². The molecule has 6 heteroatoms. The number of rotatable bonds is 3. The molecule has 0 aromatic heterocycles. The van der Waals surface area contributed by atoms with Crippen LogP contribution in [0, 0.1) is 28.6 Å². The molecule has 1 aromatic rings. The number of ether oxygens (including phenoxy) is 1. The first kappa shape index (κ1) is 21.4. The highest BCUT2D eigenvalue weighted by molar-refractivity contribution is 5.90. The van der Waals surface area contributed by atoms with Crippen LogP contribution >= 0.6 is 0 Å². The van der Waals surface area contributed by atoms with E-state index in [0.29, 0.717) is 17.8 Å². The Bertz CT molecular complexity index is 946. The van der Waals surface area contributed by atoms with E-state index in [2.05, 4.69) is 35.9 Å². The van der Waals surface area contributed by atoms with Gasteiger partial charge in [-0.3, -0.25) is 4.79 Å². The monoisotopic (exact) mass is 437 g/mol. The zero-order valence-electron chi connectivity index (χ0n) is 19.3. The third-order valence-electron chi connectivity index (χ3n) is 9.32. The van der Waals surface area contributed by atoms with Crippen LogP contribution in [0.1, 0.15) is 52.4 Å². The number of hydrogen-bond acceptors (Lipinski definition) is 3. The van der Waals surface area contributed by atoms with Gasteiger partial charge in [-0.2, -0.15) is 0 Å². The van der Waals surface area contributed by atoms with Crippen molar-refractivity contribution in [1.82, 2.24) is 10.6 Å². The van der Waals surface area contributed by atoms with Gasteiger partial charge in [0, 0.05) is 29.3 Å². The molecule has 0 saturated heterocycles. The van der Waals surface area contributed by atoms with Gasteiger partial charge in [0.25, 0.3) is 0 Å². The number of methoxy groups -OCH3 is 1. The zero-order valence-corrected chi connectivity index (χ0v) is 19.3. The van der Waals surface area contributed by atoms with Crippen molar-refractivity contribution in [2.45, 2.75) is 64.5 Å². The van der Waals surface area contributed by atoms with Crippen molar-refractivity contribution < 1.29 is 14.3 Å². The van der Waals surface area contributed by atoms with Crippen molar-refractivity contribution in [2.24, 2.45) is 28.6 Å². The smallest absolute Gasteiger partial charge is 0.319 e. The van der Waals surface area contributed by atoms with Crippen LogP contribution in [0.4, 0.5) is 10.5 Å². The predicted octanol–water partition coefficient (Wildman–Crippen LogP) is 4.48. The van der Waals surface area contributed by atoms with E-state index in [1.807, 2.05) is 24.3 Å². The second kappa shape index (κ2) is 7.82. The lowest BCUT2D eigenvalue weighted by molar-refractivity contribution is -0.122. The van der Waals surface area contributed by atoms with Gasteiger partial charge in [0.15, 0.2) is 0 Å². The standard InChI is InChI=1S/C26H35N3O3/c1-25-13-11-20-18(7-9-21-26(20,2)14-12-23(30)28-21)19(25)8-10-22(25)29-24(31)27-16-5-4-6-17(15-16)32-3/h4-6,12,14-15,18-22H,7-11,13H2,1-3H3,(H,28,30)(H2,27,29,31)/t18-,19-,20-,21+,22?,25-,26+/m0/s1. The summed E-state index contributed by atoms with van der Waals surface area (Å²) < 4.78 is 5.26. The fraction of sp³-hybridized carbons (Fsp3) is 0.615. The molecule has 0 spiro atoms. The third kappa shape index (κ3) is 3.39. The van der Waals surface area contributed by atoms with Gasteiger partial charge >= 0.3 is 6.03 Å². The lowest BCUT2D eigenvalue weighted by atomic mass is 9.48. The third-order valence-corrected chi connectivity index (χ3v) is 9.32. The molecule has 3 amide bonds. The quantitative estimate of drug-likeness (QED) is 0.652. The molecule has 1 unspecified atom stereocenters. The first-order valence-electron chi connectivity index (χ1n) is 12.0. The molecule has 0 bridgehead atoms. The molecule has 1 heterocycles. The largest absolute Gasteiger partial charge is 0.497 e. The maximum atomic E-state index is 12.8. The highest BCUT2D eigenvalue weighted by atomic mass is 16.5. The summed E-state index contributed by atoms with van der Waals surface area (Å²) >= 11 is 0. The molecule has 3 fully saturated rings. The number of hydrogen-bond donors (Lipinski definition) is 3. The van der Waals surface area contributed by atoms with Gasteiger partial charge in [0.2, 0.25) is 5.91 Å². The predicted molar refractivity (Wildman–Crippen MR) is 124 cm³/mol. The summed E-state index contributed by atoms with van der Waals surface area (Å²) in [5.74, 6) is 2.65. The van der Waals surface area contributed by atoms with E-state index >= 15 is 0 Å². The van der Waals surface area contributed by atoms with Gasteiger partial charge in [0.1, 0.15) is 5.75 Å². The minimum atomic E-state index is -0.138. The Morgan fingerprint density at radius 3 is 2.78 bits per heavy atom. The summed E-state index contributed by atoms with van der Waals surface area (Å²) in [6, 6.07) is 7.76. The molecule has 3 N–H and O–H groups in total. The highest BCUT2D eigenvalue weighted by Crippen LogP contribution is 2.63. The van der Waals surface area contributed by atoms with Gasteiger partial charge in [-0.15, -0.1) is 0 Å². The Balaban J connectivity index is 1.29. The molecule has 4 aliphatic rings. The molecule has 172 valence electrons. The number of carbonyl (C=O) groups excluding carboxylic acids is 2. The summed E-state index contributed by atoms with van der Waals surface area (Å²) in [5, 5.41) is 9.52. The average Bonchev–Trinajstić information content (AvgIpc) is 3.10. The van der Waals surface area contributed by atoms with E-state index in [0.717, 1.165) is 37.1 Å². The minimum absolute atomic E-state index is 0.0490. The summed E-state index contributed by atoms with van der Waals surface area (Å²) in [6.45, 7) is 4.74. The van der Waals surface area contributed by atoms with Crippen molar-refractivity contribution in [1.29, 1.82) is 0 Å². The van der Waals surface area contributed by atoms with E-state index in [1.165, 1.54) is 12.8 Å². The first-order chi connectivity index (χ1) is 15.3. The molecule has 32 heavy (non-hydrogen) atoms. The van der Waals surface area contributed by atoms with Crippen LogP contribution in [0.15, 0.2) is 36.4 Å². The van der Waals surface area contributed by atoms with Gasteiger partial charge in [-0.25, -0.2) is 4.79 Å². The van der Waals surface area contributed by atoms with E-state index in [1.54, 1.807) is 13.2 Å². The number of urea groups is 1. The molecule has 5 rings (SSSR count). The van der Waals surface area contributed by atoms with Crippen LogP contribution in [-0.4, -0.2) is 31.1 Å². The highest BCUT2D eigenvalue weighted by Gasteiger charge is 2.59. The molecule has 3 aliphatic carbocycles. The van der Waals surface area contributed by atoms with E-state index in [4.69, 9.17) is 4.74 Å². The van der Waals surface area contributed by atoms with Gasteiger partial charge in [0.05, 0.1) is 7.11 Å². The van der Waals surface area contributed by atoms with Crippen LogP contribution in [0.25, 0.3) is 0 Å². The lowest BCUT2D eigenvalue weighted by Crippen LogP contribution is -2.60. The fourth-order valence-corrected chi connectivity index (χ4v) is 7.60. The van der Waals surface area contributed by atoms with E-state index in [9.17, 15) is 9.59 Å². The number of nitrogens with one attached hydrogen (secondary N) is 3. The van der Waals surface area contributed by atoms with Crippen LogP contribution in [0.5, 0.6) is 5.75 Å². The number of anilines is 1. The number of amides is 3. The second-order valence-corrected chi connectivity index (χ2v) is 10.7. The molecular formula is C26H35N3O3. The maximum absolute atomic E-state index is 12.8. The lowest BCUT2D eigenvalue weighted by Gasteiger charge is -2.58. The molecule has 1 aromatic carbocycles. The van der Waals surface area contributed by atoms with Crippen molar-refractivity contribution in [3.8, 4) is 5.75 Å². The summed E-state index contributed by atoms with van der Waals surface area (Å²) in [7, 11) is 1.62. The number of fused-ring (bicyclic) bond motifs is 5. The second-order valence-electron chi connectivity index (χ2n) is 10.7. The van der Waals surface area contributed by atoms with Gasteiger partial charge < -0.3 is 20.7 Å². The normalized spacial score (nSPS) is 39.8. The van der Waals surface area contributed by atoms with Crippen LogP contribution < -0.4 is 20.7 Å². The van der Waals surface area contributed by atoms with Crippen molar-refractivity contribution >= 4 is 17.6 Å². The Morgan fingerprint density at radius 1 is 1.12 bits per heavy atom. The summed E-state index contributed by atoms with van der Waals surface area (Å²) in [4.78, 5) is 24.7. The van der Waals surface area contributed by atoms with Crippen LogP contribution in [0.3, 0.4) is 0 Å². The summed E-state index contributed by atoms with van der Waals surface area (Å²) in [5.41, 5.74) is 0.910. The zero-order chi connectivity index (χ0) is 22.5. The molecule has 3 saturated carbocycles. The van der Waals surface area contributed by atoms with Crippen molar-refractivity contribution in [3.63, 3.8) is 0 Å². The summed E-state index contributed by atoms with van der Waals surface area (Å²) in [6.07, 6.45) is 10.6. The maximum Gasteiger partial charge on any atom is 0.319 e. The number of benzene rings is 1. The molecule has 7 atom stereocenters. The SMILES string of the molecule is COc1cccc(NC(=O)NC2CC[C@H]3[C@@H]4CC[C@H]5NC(=O)C=C[C@]5(C)[C@H]4CC[C@]23C)c1. The molecule has 0 radical (unpaired) electrons. The first-order valence-corrected chi connectivity index (χ1v) is 12.0. The van der Waals surface area contributed by atoms with Crippen molar-refractivity contribution in [2.75, 3.05) is 12.4 Å². The topological polar surface area (TPSA) is 79.5 Å². The van der Waals surface area contributed by atoms with Gasteiger partial charge in [-0.05, 0) is 79.9 Å². The van der Waals surface area contributed by atoms with Crippen molar-refractivity contribution in [3.05, 3.63) is 36.4 Å². The number of carbonyl (C=O) groups is 2. The van der Waals surface area contributed by atoms with E-state index in [-0.39, 0.29) is 34.9 Å². The molecule has 1 aliphatic heterocycles. The van der Waals surface area contributed by atoms with Crippen LogP contribution in [-0.2, 0) is 4.79 Å². The Hall–Kier alpha value is -2.50. The Labute approximate surface area is 190 Å². The van der Waals surface area contributed by atoms with Gasteiger partial charge in [-0.1, -0.05) is 26.0 Å². The Kier molecular flexibility index (Phi) is 5.22. The minimum Gasteiger partial charge on any atom is -0.497 e. The van der Waals surface area contributed by atoms with E-state index < -0.39 is 0 Å². The molecule has 6 nitrogen and oxygen atoms in total. The Morgan fingerprint density at radius 2 is 1.97 bits per heavy atom. The fourth-order valence-electron chi connectivity index (χ4n) is 7.60. The molecular weight excluding hydrogens is 402 g/mol.